The summed E-state index contributed by atoms with van der Waals surface area (Å²) in [4.78, 5) is 0. The molecule has 1 aromatic rings. The fraction of sp³-hybridized carbons (Fsp3) is 0.727. The summed E-state index contributed by atoms with van der Waals surface area (Å²) in [6.45, 7) is 4.60. The van der Waals surface area contributed by atoms with E-state index < -0.39 is 0 Å². The van der Waals surface area contributed by atoms with Crippen molar-refractivity contribution in [3.05, 3.63) is 18.0 Å². The van der Waals surface area contributed by atoms with Crippen molar-refractivity contribution in [2.24, 2.45) is 18.9 Å². The molecule has 3 heteroatoms. The Morgan fingerprint density at radius 3 is 2.64 bits per heavy atom. The molecule has 1 N–H and O–H groups in total. The summed E-state index contributed by atoms with van der Waals surface area (Å²) >= 11 is 0. The molecule has 80 valence electrons. The van der Waals surface area contributed by atoms with Crippen molar-refractivity contribution < 1.29 is 5.11 Å². The lowest BCUT2D eigenvalue weighted by atomic mass is 9.91. The lowest BCUT2D eigenvalue weighted by Crippen LogP contribution is -2.15. The van der Waals surface area contributed by atoms with E-state index in [1.807, 2.05) is 24.0 Å². The van der Waals surface area contributed by atoms with Crippen molar-refractivity contribution in [1.82, 2.24) is 9.78 Å². The number of hydrogen-bond acceptors (Lipinski definition) is 2. The van der Waals surface area contributed by atoms with Crippen LogP contribution in [0.3, 0.4) is 0 Å². The van der Waals surface area contributed by atoms with Gasteiger partial charge in [-0.1, -0.05) is 13.8 Å². The molecule has 1 heterocycles. The van der Waals surface area contributed by atoms with Gasteiger partial charge in [-0.15, -0.1) is 0 Å². The highest BCUT2D eigenvalue weighted by Gasteiger charge is 2.12. The molecule has 0 saturated heterocycles. The van der Waals surface area contributed by atoms with Crippen LogP contribution in [0.4, 0.5) is 0 Å². The van der Waals surface area contributed by atoms with Crippen molar-refractivity contribution in [2.75, 3.05) is 6.61 Å². The average Bonchev–Trinajstić information content (AvgIpc) is 2.52. The molecule has 1 rings (SSSR count). The normalized spacial score (nSPS) is 13.5. The summed E-state index contributed by atoms with van der Waals surface area (Å²) in [5, 5.41) is 13.3. The topological polar surface area (TPSA) is 38.1 Å². The second kappa shape index (κ2) is 5.15. The minimum Gasteiger partial charge on any atom is -0.396 e. The van der Waals surface area contributed by atoms with Crippen molar-refractivity contribution in [1.29, 1.82) is 0 Å². The van der Waals surface area contributed by atoms with Crippen LogP contribution in [-0.2, 0) is 13.5 Å². The SMILES string of the molecule is CC(C)C(CO)CCc1ccnn1C. The molecule has 0 radical (unpaired) electrons. The van der Waals surface area contributed by atoms with Gasteiger partial charge in [-0.05, 0) is 30.7 Å². The van der Waals surface area contributed by atoms with E-state index in [2.05, 4.69) is 18.9 Å². The van der Waals surface area contributed by atoms with Gasteiger partial charge in [0, 0.05) is 25.5 Å². The van der Waals surface area contributed by atoms with Gasteiger partial charge in [-0.3, -0.25) is 4.68 Å². The molecule has 0 bridgehead atoms. The minimum absolute atomic E-state index is 0.287. The molecule has 0 saturated carbocycles. The smallest absolute Gasteiger partial charge is 0.0492 e. The van der Waals surface area contributed by atoms with Gasteiger partial charge < -0.3 is 5.11 Å². The second-order valence-electron chi connectivity index (χ2n) is 4.17. The first-order chi connectivity index (χ1) is 6.65. The Balaban J connectivity index is 2.43. The summed E-state index contributed by atoms with van der Waals surface area (Å²) in [7, 11) is 1.96. The van der Waals surface area contributed by atoms with E-state index in [0.717, 1.165) is 12.8 Å². The lowest BCUT2D eigenvalue weighted by molar-refractivity contribution is 0.181. The van der Waals surface area contributed by atoms with E-state index >= 15 is 0 Å². The van der Waals surface area contributed by atoms with Crippen molar-refractivity contribution in [3.8, 4) is 0 Å². The van der Waals surface area contributed by atoms with Crippen LogP contribution in [0.25, 0.3) is 0 Å². The van der Waals surface area contributed by atoms with Crippen molar-refractivity contribution >= 4 is 0 Å². The lowest BCUT2D eigenvalue weighted by Gasteiger charge is -2.17. The first-order valence-electron chi connectivity index (χ1n) is 5.23. The third-order valence-corrected chi connectivity index (χ3v) is 2.87. The molecular weight excluding hydrogens is 176 g/mol. The minimum atomic E-state index is 0.287. The molecule has 3 nitrogen and oxygen atoms in total. The molecule has 1 unspecified atom stereocenters. The number of aromatic nitrogens is 2. The van der Waals surface area contributed by atoms with Gasteiger partial charge in [0.25, 0.3) is 0 Å². The predicted molar refractivity (Wildman–Crippen MR) is 56.9 cm³/mol. The summed E-state index contributed by atoms with van der Waals surface area (Å²) in [5.74, 6) is 0.957. The molecule has 0 aliphatic carbocycles. The van der Waals surface area contributed by atoms with E-state index in [-0.39, 0.29) is 6.61 Å². The zero-order valence-corrected chi connectivity index (χ0v) is 9.27. The number of rotatable bonds is 5. The summed E-state index contributed by atoms with van der Waals surface area (Å²) in [5.41, 5.74) is 1.24. The van der Waals surface area contributed by atoms with Crippen LogP contribution in [0.1, 0.15) is 26.0 Å². The maximum absolute atomic E-state index is 9.17. The largest absolute Gasteiger partial charge is 0.396 e. The van der Waals surface area contributed by atoms with Gasteiger partial charge in [0.05, 0.1) is 0 Å². The first kappa shape index (κ1) is 11.2. The zero-order valence-electron chi connectivity index (χ0n) is 9.27. The molecule has 14 heavy (non-hydrogen) atoms. The Hall–Kier alpha value is -0.830. The quantitative estimate of drug-likeness (QED) is 0.777. The highest BCUT2D eigenvalue weighted by Crippen LogP contribution is 2.16. The molecule has 0 amide bonds. The standard InChI is InChI=1S/C11H20N2O/c1-9(2)10(8-14)4-5-11-6-7-12-13(11)3/h6-7,9-10,14H,4-5,8H2,1-3H3. The van der Waals surface area contributed by atoms with Crippen LogP contribution in [0.15, 0.2) is 12.3 Å². The molecule has 1 aromatic heterocycles. The highest BCUT2D eigenvalue weighted by atomic mass is 16.3. The maximum Gasteiger partial charge on any atom is 0.0492 e. The molecular formula is C11H20N2O. The summed E-state index contributed by atoms with van der Waals surface area (Å²) < 4.78 is 1.90. The number of aryl methyl sites for hydroxylation is 2. The van der Waals surface area contributed by atoms with Gasteiger partial charge in [0.15, 0.2) is 0 Å². The van der Waals surface area contributed by atoms with Crippen LogP contribution in [0.2, 0.25) is 0 Å². The average molecular weight is 196 g/mol. The Bertz CT molecular complexity index is 268. The highest BCUT2D eigenvalue weighted by molar-refractivity contribution is 5.00. The maximum atomic E-state index is 9.17. The van der Waals surface area contributed by atoms with Gasteiger partial charge in [-0.2, -0.15) is 5.10 Å². The van der Waals surface area contributed by atoms with E-state index in [0.29, 0.717) is 11.8 Å². The van der Waals surface area contributed by atoms with E-state index in [1.165, 1.54) is 5.69 Å². The molecule has 0 aliphatic rings. The number of nitrogens with zero attached hydrogens (tertiary/aromatic N) is 2. The molecule has 0 fully saturated rings. The van der Waals surface area contributed by atoms with Crippen LogP contribution >= 0.6 is 0 Å². The van der Waals surface area contributed by atoms with Gasteiger partial charge >= 0.3 is 0 Å². The monoisotopic (exact) mass is 196 g/mol. The molecule has 0 aromatic carbocycles. The van der Waals surface area contributed by atoms with Gasteiger partial charge in [0.1, 0.15) is 0 Å². The van der Waals surface area contributed by atoms with Crippen LogP contribution < -0.4 is 0 Å². The summed E-state index contributed by atoms with van der Waals surface area (Å²) in [6.07, 6.45) is 3.85. The van der Waals surface area contributed by atoms with Crippen LogP contribution in [0.5, 0.6) is 0 Å². The number of aliphatic hydroxyl groups is 1. The Morgan fingerprint density at radius 2 is 2.21 bits per heavy atom. The van der Waals surface area contributed by atoms with Crippen molar-refractivity contribution in [3.63, 3.8) is 0 Å². The Labute approximate surface area is 85.8 Å². The molecule has 1 atom stereocenters. The Morgan fingerprint density at radius 1 is 1.50 bits per heavy atom. The van der Waals surface area contributed by atoms with Gasteiger partial charge in [-0.25, -0.2) is 0 Å². The molecule has 0 spiro atoms. The fourth-order valence-electron chi connectivity index (χ4n) is 1.62. The zero-order chi connectivity index (χ0) is 10.6. The van der Waals surface area contributed by atoms with Crippen molar-refractivity contribution in [2.45, 2.75) is 26.7 Å². The fourth-order valence-corrected chi connectivity index (χ4v) is 1.62. The van der Waals surface area contributed by atoms with Gasteiger partial charge in [0.2, 0.25) is 0 Å². The second-order valence-corrected chi connectivity index (χ2v) is 4.17. The third-order valence-electron chi connectivity index (χ3n) is 2.87. The third kappa shape index (κ3) is 2.84. The Kier molecular flexibility index (Phi) is 4.14. The van der Waals surface area contributed by atoms with Crippen LogP contribution in [-0.4, -0.2) is 21.5 Å². The first-order valence-corrected chi connectivity index (χ1v) is 5.23. The van der Waals surface area contributed by atoms with E-state index in [9.17, 15) is 5.11 Å². The number of aliphatic hydroxyl groups excluding tert-OH is 1. The van der Waals surface area contributed by atoms with E-state index in [1.54, 1.807) is 0 Å². The predicted octanol–water partition coefficient (Wildman–Crippen LogP) is 1.62. The summed E-state index contributed by atoms with van der Waals surface area (Å²) in [6, 6.07) is 2.04. The number of hydrogen-bond donors (Lipinski definition) is 1. The van der Waals surface area contributed by atoms with Crippen LogP contribution in [0, 0.1) is 11.8 Å². The molecule has 0 aliphatic heterocycles. The van der Waals surface area contributed by atoms with E-state index in [4.69, 9.17) is 0 Å².